The molecule has 0 unspecified atom stereocenters. The number of carbonyl (C=O) groups is 1. The third kappa shape index (κ3) is 3.95. The third-order valence-electron chi connectivity index (χ3n) is 3.49. The quantitative estimate of drug-likeness (QED) is 0.752. The van der Waals surface area contributed by atoms with Crippen LogP contribution in [0.25, 0.3) is 5.82 Å². The summed E-state index contributed by atoms with van der Waals surface area (Å²) in [7, 11) is 1.63. The summed E-state index contributed by atoms with van der Waals surface area (Å²) in [5.74, 6) is 1.82. The smallest absolute Gasteiger partial charge is 0.225 e. The lowest BCUT2D eigenvalue weighted by atomic mass is 10.1. The number of imidazole rings is 1. The van der Waals surface area contributed by atoms with Gasteiger partial charge in [-0.2, -0.15) is 0 Å². The molecule has 1 N–H and O–H groups in total. The minimum atomic E-state index is -0.0962. The van der Waals surface area contributed by atoms with Gasteiger partial charge in [-0.25, -0.2) is 15.0 Å². The number of amides is 1. The van der Waals surface area contributed by atoms with Crippen molar-refractivity contribution in [3.63, 3.8) is 0 Å². The molecule has 3 aromatic rings. The van der Waals surface area contributed by atoms with Crippen LogP contribution >= 0.6 is 0 Å². The van der Waals surface area contributed by atoms with Crippen LogP contribution in [-0.2, 0) is 11.2 Å². The van der Waals surface area contributed by atoms with Gasteiger partial charge in [0.15, 0.2) is 0 Å². The first-order chi connectivity index (χ1) is 11.7. The second kappa shape index (κ2) is 7.36. The predicted octanol–water partition coefficient (Wildman–Crippen LogP) is 2.24. The molecule has 1 amide bonds. The summed E-state index contributed by atoms with van der Waals surface area (Å²) in [6.07, 6.45) is 7.50. The molecular weight excluding hydrogens is 306 g/mol. The number of methoxy groups -OCH3 is 1. The fourth-order valence-corrected chi connectivity index (χ4v) is 2.21. The minimum absolute atomic E-state index is 0.0962. The molecule has 0 saturated carbocycles. The Morgan fingerprint density at radius 1 is 1.25 bits per heavy atom. The van der Waals surface area contributed by atoms with Gasteiger partial charge in [0, 0.05) is 24.9 Å². The lowest BCUT2D eigenvalue weighted by Gasteiger charge is -2.07. The van der Waals surface area contributed by atoms with E-state index in [1.807, 2.05) is 24.3 Å². The first kappa shape index (κ1) is 15.7. The highest BCUT2D eigenvalue weighted by molar-refractivity contribution is 5.90. The van der Waals surface area contributed by atoms with Crippen molar-refractivity contribution in [2.75, 3.05) is 12.4 Å². The Morgan fingerprint density at radius 2 is 2.08 bits per heavy atom. The number of hydrogen-bond acceptors (Lipinski definition) is 5. The van der Waals surface area contributed by atoms with Gasteiger partial charge in [-0.1, -0.05) is 12.1 Å². The third-order valence-corrected chi connectivity index (χ3v) is 3.49. The Labute approximate surface area is 139 Å². The van der Waals surface area contributed by atoms with Crippen molar-refractivity contribution in [1.82, 2.24) is 19.5 Å². The zero-order chi connectivity index (χ0) is 16.8. The fourth-order valence-electron chi connectivity index (χ4n) is 2.21. The molecule has 0 radical (unpaired) electrons. The van der Waals surface area contributed by atoms with Gasteiger partial charge in [-0.3, -0.25) is 9.36 Å². The van der Waals surface area contributed by atoms with Gasteiger partial charge < -0.3 is 10.1 Å². The van der Waals surface area contributed by atoms with Crippen LogP contribution in [0.3, 0.4) is 0 Å². The van der Waals surface area contributed by atoms with Crippen LogP contribution in [0.5, 0.6) is 5.75 Å². The number of ether oxygens (including phenoxy) is 1. The van der Waals surface area contributed by atoms with Crippen LogP contribution in [0.2, 0.25) is 0 Å². The summed E-state index contributed by atoms with van der Waals surface area (Å²) in [5.41, 5.74) is 1.08. The summed E-state index contributed by atoms with van der Waals surface area (Å²) in [5, 5.41) is 2.79. The van der Waals surface area contributed by atoms with E-state index in [9.17, 15) is 4.79 Å². The van der Waals surface area contributed by atoms with Crippen molar-refractivity contribution in [1.29, 1.82) is 0 Å². The van der Waals surface area contributed by atoms with Crippen LogP contribution in [-0.4, -0.2) is 32.5 Å². The number of anilines is 1. The van der Waals surface area contributed by atoms with Crippen molar-refractivity contribution < 1.29 is 9.53 Å². The number of aryl methyl sites for hydroxylation is 1. The van der Waals surface area contributed by atoms with E-state index in [4.69, 9.17) is 4.74 Å². The summed E-state index contributed by atoms with van der Waals surface area (Å²) >= 11 is 0. The van der Waals surface area contributed by atoms with Gasteiger partial charge in [0.2, 0.25) is 5.91 Å². The molecule has 0 aliphatic rings. The average Bonchev–Trinajstić information content (AvgIpc) is 3.15. The molecule has 0 fully saturated rings. The zero-order valence-electron chi connectivity index (χ0n) is 13.2. The zero-order valence-corrected chi connectivity index (χ0v) is 13.2. The molecule has 7 nitrogen and oxygen atoms in total. The van der Waals surface area contributed by atoms with Crippen LogP contribution < -0.4 is 10.1 Å². The average molecular weight is 323 g/mol. The lowest BCUT2D eigenvalue weighted by Crippen LogP contribution is -2.14. The monoisotopic (exact) mass is 323 g/mol. The molecule has 122 valence electrons. The van der Waals surface area contributed by atoms with Crippen LogP contribution in [0.1, 0.15) is 12.0 Å². The van der Waals surface area contributed by atoms with Crippen LogP contribution in [0.15, 0.2) is 55.4 Å². The van der Waals surface area contributed by atoms with E-state index in [1.165, 1.54) is 6.33 Å². The summed E-state index contributed by atoms with van der Waals surface area (Å²) < 4.78 is 6.86. The molecule has 0 spiro atoms. The first-order valence-electron chi connectivity index (χ1n) is 7.48. The number of hydrogen-bond donors (Lipinski definition) is 1. The lowest BCUT2D eigenvalue weighted by molar-refractivity contribution is -0.116. The molecule has 0 atom stereocenters. The maximum atomic E-state index is 12.1. The Bertz CT molecular complexity index is 800. The van der Waals surface area contributed by atoms with Crippen molar-refractivity contribution in [3.8, 4) is 11.6 Å². The Hall–Kier alpha value is -3.22. The van der Waals surface area contributed by atoms with E-state index in [0.717, 1.165) is 11.3 Å². The molecule has 1 aromatic carbocycles. The van der Waals surface area contributed by atoms with Gasteiger partial charge >= 0.3 is 0 Å². The van der Waals surface area contributed by atoms with Crippen LogP contribution in [0, 0.1) is 0 Å². The maximum absolute atomic E-state index is 12.1. The Balaban J connectivity index is 1.57. The van der Waals surface area contributed by atoms with Crippen molar-refractivity contribution >= 4 is 11.7 Å². The number of aromatic nitrogens is 4. The SMILES string of the molecule is COc1ccc(CCC(=O)Nc2cc(-n3ccnc3)ncn2)cc1. The van der Waals surface area contributed by atoms with Crippen molar-refractivity contribution in [2.24, 2.45) is 0 Å². The van der Waals surface area contributed by atoms with Gasteiger partial charge in [-0.05, 0) is 24.1 Å². The summed E-state index contributed by atoms with van der Waals surface area (Å²) in [6, 6.07) is 9.37. The van der Waals surface area contributed by atoms with E-state index in [1.54, 1.807) is 36.5 Å². The molecule has 2 aromatic heterocycles. The maximum Gasteiger partial charge on any atom is 0.225 e. The van der Waals surface area contributed by atoms with E-state index >= 15 is 0 Å². The number of nitrogens with one attached hydrogen (secondary N) is 1. The van der Waals surface area contributed by atoms with Crippen LogP contribution in [0.4, 0.5) is 5.82 Å². The topological polar surface area (TPSA) is 81.9 Å². The molecule has 0 aliphatic carbocycles. The van der Waals surface area contributed by atoms with Crippen molar-refractivity contribution in [2.45, 2.75) is 12.8 Å². The number of benzene rings is 1. The predicted molar refractivity (Wildman–Crippen MR) is 89.1 cm³/mol. The van der Waals surface area contributed by atoms with E-state index in [0.29, 0.717) is 24.5 Å². The number of rotatable bonds is 6. The highest BCUT2D eigenvalue weighted by atomic mass is 16.5. The van der Waals surface area contributed by atoms with E-state index in [-0.39, 0.29) is 5.91 Å². The normalized spacial score (nSPS) is 10.4. The largest absolute Gasteiger partial charge is 0.497 e. The molecule has 0 aliphatic heterocycles. The minimum Gasteiger partial charge on any atom is -0.497 e. The molecular formula is C17H17N5O2. The first-order valence-corrected chi connectivity index (χ1v) is 7.48. The summed E-state index contributed by atoms with van der Waals surface area (Å²) in [6.45, 7) is 0. The second-order valence-corrected chi connectivity index (χ2v) is 5.13. The molecule has 24 heavy (non-hydrogen) atoms. The molecule has 3 rings (SSSR count). The van der Waals surface area contributed by atoms with E-state index < -0.39 is 0 Å². The van der Waals surface area contributed by atoms with E-state index in [2.05, 4.69) is 20.3 Å². The number of nitrogens with zero attached hydrogens (tertiary/aromatic N) is 4. The molecule has 0 saturated heterocycles. The fraction of sp³-hybridized carbons (Fsp3) is 0.176. The van der Waals surface area contributed by atoms with Gasteiger partial charge in [0.05, 0.1) is 7.11 Å². The molecule has 2 heterocycles. The molecule has 7 heteroatoms. The van der Waals surface area contributed by atoms with Gasteiger partial charge in [0.25, 0.3) is 0 Å². The molecule has 0 bridgehead atoms. The highest BCUT2D eigenvalue weighted by Gasteiger charge is 2.06. The number of carbonyl (C=O) groups excluding carboxylic acids is 1. The standard InChI is InChI=1S/C17H17N5O2/c1-24-14-5-2-13(3-6-14)4-7-17(23)21-15-10-16(20-11-19-15)22-9-8-18-12-22/h2-3,5-6,8-12H,4,7H2,1H3,(H,19,20,21,23). The summed E-state index contributed by atoms with van der Waals surface area (Å²) in [4.78, 5) is 24.3. The van der Waals surface area contributed by atoms with Gasteiger partial charge in [0.1, 0.15) is 30.0 Å². The highest BCUT2D eigenvalue weighted by Crippen LogP contribution is 2.13. The van der Waals surface area contributed by atoms with Gasteiger partial charge in [-0.15, -0.1) is 0 Å². The second-order valence-electron chi connectivity index (χ2n) is 5.13. The Kier molecular flexibility index (Phi) is 4.81. The van der Waals surface area contributed by atoms with Crippen molar-refractivity contribution in [3.05, 3.63) is 60.9 Å². The Morgan fingerprint density at radius 3 is 2.79 bits per heavy atom.